The Labute approximate surface area is 141 Å². The Morgan fingerprint density at radius 2 is 1.62 bits per heavy atom. The molecule has 0 saturated carbocycles. The summed E-state index contributed by atoms with van der Waals surface area (Å²) >= 11 is 0. The number of hydrogen-bond acceptors (Lipinski definition) is 4. The predicted octanol–water partition coefficient (Wildman–Crippen LogP) is 4.49. The number of benzene rings is 2. The van der Waals surface area contributed by atoms with Gasteiger partial charge < -0.3 is 14.2 Å². The van der Waals surface area contributed by atoms with Gasteiger partial charge in [-0.05, 0) is 44.5 Å². The molecule has 0 unspecified atom stereocenters. The zero-order valence-electron chi connectivity index (χ0n) is 14.0. The number of aliphatic imine (C=N–C) groups is 1. The average Bonchev–Trinajstić information content (AvgIpc) is 3.10. The lowest BCUT2D eigenvalue weighted by molar-refractivity contribution is 0.174. The molecule has 0 fully saturated rings. The van der Waals surface area contributed by atoms with Gasteiger partial charge in [-0.3, -0.25) is 0 Å². The number of rotatable bonds is 1. The molecule has 4 rings (SSSR count). The van der Waals surface area contributed by atoms with Crippen LogP contribution in [0.15, 0.2) is 47.5 Å². The number of hydrogen-bond donors (Lipinski definition) is 0. The number of nitrogens with zero attached hydrogens (tertiary/aromatic N) is 1. The summed E-state index contributed by atoms with van der Waals surface area (Å²) in [5.74, 6) is 2.88. The quantitative estimate of drug-likeness (QED) is 0.777. The van der Waals surface area contributed by atoms with E-state index in [1.165, 1.54) is 0 Å². The van der Waals surface area contributed by atoms with Crippen LogP contribution in [0.25, 0.3) is 11.8 Å². The van der Waals surface area contributed by atoms with Crippen LogP contribution in [0.2, 0.25) is 0 Å². The molecule has 0 atom stereocenters. The van der Waals surface area contributed by atoms with Crippen molar-refractivity contribution in [3.8, 4) is 11.5 Å². The summed E-state index contributed by atoms with van der Waals surface area (Å²) < 4.78 is 17.1. The van der Waals surface area contributed by atoms with E-state index in [9.17, 15) is 0 Å². The molecule has 0 saturated heterocycles. The maximum atomic E-state index is 6.09. The van der Waals surface area contributed by atoms with E-state index in [4.69, 9.17) is 19.2 Å². The van der Waals surface area contributed by atoms with Crippen LogP contribution < -0.4 is 9.47 Å². The Bertz CT molecular complexity index is 845. The largest absolute Gasteiger partial charge is 0.454 e. The summed E-state index contributed by atoms with van der Waals surface area (Å²) in [6.07, 6.45) is 2.02. The first kappa shape index (κ1) is 14.8. The molecule has 2 aromatic rings. The molecule has 0 aliphatic carbocycles. The molecule has 4 nitrogen and oxygen atoms in total. The van der Waals surface area contributed by atoms with Gasteiger partial charge in [0.15, 0.2) is 11.5 Å². The minimum absolute atomic E-state index is 0.231. The first-order chi connectivity index (χ1) is 11.5. The highest BCUT2D eigenvalue weighted by Gasteiger charge is 2.30. The van der Waals surface area contributed by atoms with Crippen LogP contribution in [-0.4, -0.2) is 18.2 Å². The van der Waals surface area contributed by atoms with Crippen molar-refractivity contribution in [2.45, 2.75) is 26.3 Å². The van der Waals surface area contributed by atoms with Crippen LogP contribution in [0.1, 0.15) is 37.5 Å². The molecular weight excluding hydrogens is 302 g/mol. The van der Waals surface area contributed by atoms with Crippen LogP contribution in [0.5, 0.6) is 11.5 Å². The second-order valence-corrected chi connectivity index (χ2v) is 6.86. The van der Waals surface area contributed by atoms with Crippen molar-refractivity contribution in [2.75, 3.05) is 6.79 Å². The maximum Gasteiger partial charge on any atom is 0.231 e. The van der Waals surface area contributed by atoms with E-state index in [0.717, 1.165) is 33.9 Å². The first-order valence-electron chi connectivity index (χ1n) is 7.98. The van der Waals surface area contributed by atoms with Gasteiger partial charge in [-0.25, -0.2) is 4.99 Å². The molecule has 0 N–H and O–H groups in total. The van der Waals surface area contributed by atoms with Gasteiger partial charge in [0.25, 0.3) is 0 Å². The minimum atomic E-state index is -0.231. The van der Waals surface area contributed by atoms with Gasteiger partial charge in [0.1, 0.15) is 5.76 Å². The molecule has 0 spiro atoms. The molecule has 2 aliphatic heterocycles. The first-order valence-corrected chi connectivity index (χ1v) is 7.98. The molecule has 0 amide bonds. The van der Waals surface area contributed by atoms with E-state index in [-0.39, 0.29) is 12.3 Å². The molecule has 122 valence electrons. The fraction of sp³-hybridized carbons (Fsp3) is 0.250. The summed E-state index contributed by atoms with van der Waals surface area (Å²) in [6.45, 7) is 6.40. The summed E-state index contributed by atoms with van der Waals surface area (Å²) in [4.78, 5) is 4.72. The highest BCUT2D eigenvalue weighted by atomic mass is 16.7. The minimum Gasteiger partial charge on any atom is -0.454 e. The highest BCUT2D eigenvalue weighted by molar-refractivity contribution is 6.09. The summed E-state index contributed by atoms with van der Waals surface area (Å²) in [6, 6.07) is 14.0. The molecule has 24 heavy (non-hydrogen) atoms. The van der Waals surface area contributed by atoms with E-state index in [0.29, 0.717) is 5.90 Å². The molecule has 0 aromatic heterocycles. The topological polar surface area (TPSA) is 40.0 Å². The zero-order chi connectivity index (χ0) is 16.7. The van der Waals surface area contributed by atoms with Crippen molar-refractivity contribution < 1.29 is 14.2 Å². The van der Waals surface area contributed by atoms with Crippen molar-refractivity contribution in [1.29, 1.82) is 0 Å². The molecule has 0 bridgehead atoms. The molecule has 2 aliphatic rings. The highest BCUT2D eigenvalue weighted by Crippen LogP contribution is 2.42. The van der Waals surface area contributed by atoms with Crippen LogP contribution in [0, 0.1) is 0 Å². The summed E-state index contributed by atoms with van der Waals surface area (Å²) in [7, 11) is 0. The second kappa shape index (κ2) is 5.41. The normalized spacial score (nSPS) is 18.8. The Morgan fingerprint density at radius 1 is 0.958 bits per heavy atom. The molecule has 2 heterocycles. The Morgan fingerprint density at radius 3 is 2.29 bits per heavy atom. The average molecular weight is 321 g/mol. The molecular formula is C20H19NO3. The van der Waals surface area contributed by atoms with Crippen molar-refractivity contribution in [1.82, 2.24) is 0 Å². The van der Waals surface area contributed by atoms with Gasteiger partial charge in [-0.15, -0.1) is 0 Å². The maximum absolute atomic E-state index is 6.09. The lowest BCUT2D eigenvalue weighted by Crippen LogP contribution is -2.14. The zero-order valence-corrected chi connectivity index (χ0v) is 14.0. The van der Waals surface area contributed by atoms with E-state index < -0.39 is 0 Å². The third-order valence-corrected chi connectivity index (χ3v) is 3.75. The van der Waals surface area contributed by atoms with Crippen LogP contribution in [0.3, 0.4) is 0 Å². The standard InChI is InChI=1S/C20H19NO3/c1-20(2,3)21-19-15-11-18-17(22-12-23-18)10-14(15)16(24-19)9-13-7-5-4-6-8-13/h4-11H,12H2,1-3H3/b16-9-,21-19?. The van der Waals surface area contributed by atoms with Crippen molar-refractivity contribution in [3.63, 3.8) is 0 Å². The lowest BCUT2D eigenvalue weighted by atomic mass is 10.0. The summed E-state index contributed by atoms with van der Waals surface area (Å²) in [5.41, 5.74) is 2.76. The number of fused-ring (bicyclic) bond motifs is 2. The van der Waals surface area contributed by atoms with E-state index in [1.807, 2.05) is 48.5 Å². The summed E-state index contributed by atoms with van der Waals surface area (Å²) in [5, 5.41) is 0. The van der Waals surface area contributed by atoms with Gasteiger partial charge in [0.2, 0.25) is 12.7 Å². The van der Waals surface area contributed by atoms with E-state index in [1.54, 1.807) is 0 Å². The lowest BCUT2D eigenvalue weighted by Gasteiger charge is -2.13. The molecule has 2 aromatic carbocycles. The van der Waals surface area contributed by atoms with Gasteiger partial charge in [0.05, 0.1) is 11.1 Å². The van der Waals surface area contributed by atoms with E-state index >= 15 is 0 Å². The molecule has 4 heteroatoms. The van der Waals surface area contributed by atoms with Gasteiger partial charge in [-0.2, -0.15) is 0 Å². The Kier molecular flexibility index (Phi) is 3.34. The fourth-order valence-corrected chi connectivity index (χ4v) is 2.73. The predicted molar refractivity (Wildman–Crippen MR) is 94.3 cm³/mol. The SMILES string of the molecule is CC(C)(C)N=C1O/C(=C\c2ccccc2)c2cc3c(cc21)OCO3. The number of ether oxygens (including phenoxy) is 3. The van der Waals surface area contributed by atoms with Crippen molar-refractivity contribution in [2.24, 2.45) is 4.99 Å². The molecule has 0 radical (unpaired) electrons. The van der Waals surface area contributed by atoms with E-state index in [2.05, 4.69) is 20.8 Å². The Hall–Kier alpha value is -2.75. The Balaban J connectivity index is 1.85. The smallest absolute Gasteiger partial charge is 0.231 e. The van der Waals surface area contributed by atoms with Crippen LogP contribution in [-0.2, 0) is 4.74 Å². The monoisotopic (exact) mass is 321 g/mol. The van der Waals surface area contributed by atoms with Gasteiger partial charge in [0, 0.05) is 5.56 Å². The van der Waals surface area contributed by atoms with Crippen molar-refractivity contribution in [3.05, 3.63) is 59.2 Å². The third-order valence-electron chi connectivity index (χ3n) is 3.75. The fourth-order valence-electron chi connectivity index (χ4n) is 2.73. The van der Waals surface area contributed by atoms with Gasteiger partial charge in [-0.1, -0.05) is 30.3 Å². The van der Waals surface area contributed by atoms with Crippen molar-refractivity contribution >= 4 is 17.7 Å². The van der Waals surface area contributed by atoms with Crippen LogP contribution in [0.4, 0.5) is 0 Å². The second-order valence-electron chi connectivity index (χ2n) is 6.86. The van der Waals surface area contributed by atoms with Crippen LogP contribution >= 0.6 is 0 Å². The third kappa shape index (κ3) is 2.75. The van der Waals surface area contributed by atoms with Gasteiger partial charge >= 0.3 is 0 Å².